The first-order valence-electron chi connectivity index (χ1n) is 10.4. The van der Waals surface area contributed by atoms with Crippen LogP contribution in [-0.4, -0.2) is 59.2 Å². The van der Waals surface area contributed by atoms with E-state index in [1.807, 2.05) is 80.7 Å². The van der Waals surface area contributed by atoms with E-state index in [-0.39, 0.29) is 18.8 Å². The molecule has 2 atom stereocenters. The minimum Gasteiger partial charge on any atom is -0.373 e. The zero-order chi connectivity index (χ0) is 22.0. The van der Waals surface area contributed by atoms with Crippen LogP contribution in [-0.2, 0) is 21.5 Å². The summed E-state index contributed by atoms with van der Waals surface area (Å²) in [5, 5.41) is 4.78. The molecule has 1 aliphatic heterocycles. The largest absolute Gasteiger partial charge is 0.373 e. The predicted molar refractivity (Wildman–Crippen MR) is 121 cm³/mol. The third kappa shape index (κ3) is 4.72. The van der Waals surface area contributed by atoms with Gasteiger partial charge in [0, 0.05) is 44.0 Å². The number of morpholine rings is 1. The van der Waals surface area contributed by atoms with Crippen molar-refractivity contribution >= 4 is 10.2 Å². The monoisotopic (exact) mass is 440 g/mol. The lowest BCUT2D eigenvalue weighted by atomic mass is 10.1. The number of rotatable bonds is 6. The summed E-state index contributed by atoms with van der Waals surface area (Å²) in [6.45, 7) is 4.72. The molecule has 0 amide bonds. The zero-order valence-electron chi connectivity index (χ0n) is 18.0. The second-order valence-electron chi connectivity index (χ2n) is 7.99. The van der Waals surface area contributed by atoms with Gasteiger partial charge in [-0.05, 0) is 26.0 Å². The highest BCUT2D eigenvalue weighted by atomic mass is 32.2. The van der Waals surface area contributed by atoms with Gasteiger partial charge in [-0.3, -0.25) is 0 Å². The molecule has 31 heavy (non-hydrogen) atoms. The maximum Gasteiger partial charge on any atom is 0.282 e. The number of ether oxygens (including phenoxy) is 1. The fourth-order valence-corrected chi connectivity index (χ4v) is 5.41. The van der Waals surface area contributed by atoms with Gasteiger partial charge in [-0.15, -0.1) is 0 Å². The molecule has 164 valence electrons. The molecule has 0 N–H and O–H groups in total. The summed E-state index contributed by atoms with van der Waals surface area (Å²) in [7, 11) is -2.01. The van der Waals surface area contributed by atoms with Gasteiger partial charge in [-0.25, -0.2) is 4.68 Å². The van der Waals surface area contributed by atoms with E-state index in [4.69, 9.17) is 9.84 Å². The Morgan fingerprint density at radius 3 is 2.19 bits per heavy atom. The molecule has 2 unspecified atom stereocenters. The summed E-state index contributed by atoms with van der Waals surface area (Å²) in [6.07, 6.45) is 1.65. The third-order valence-electron chi connectivity index (χ3n) is 5.36. The minimum absolute atomic E-state index is 0.132. The average molecular weight is 441 g/mol. The van der Waals surface area contributed by atoms with Gasteiger partial charge in [-0.2, -0.15) is 22.1 Å². The summed E-state index contributed by atoms with van der Waals surface area (Å²) in [5.41, 5.74) is 3.49. The van der Waals surface area contributed by atoms with Gasteiger partial charge in [0.2, 0.25) is 0 Å². The van der Waals surface area contributed by atoms with E-state index < -0.39 is 10.2 Å². The van der Waals surface area contributed by atoms with Crippen LogP contribution in [0.2, 0.25) is 0 Å². The van der Waals surface area contributed by atoms with E-state index in [2.05, 4.69) is 0 Å². The van der Waals surface area contributed by atoms with Gasteiger partial charge in [-0.1, -0.05) is 48.5 Å². The van der Waals surface area contributed by atoms with Crippen LogP contribution in [0.25, 0.3) is 16.9 Å². The molecule has 2 aromatic carbocycles. The Bertz CT molecular complexity index is 1110. The van der Waals surface area contributed by atoms with Crippen LogP contribution in [0, 0.1) is 0 Å². The molecule has 0 spiro atoms. The van der Waals surface area contributed by atoms with Crippen molar-refractivity contribution in [2.24, 2.45) is 0 Å². The van der Waals surface area contributed by atoms with Gasteiger partial charge < -0.3 is 4.74 Å². The van der Waals surface area contributed by atoms with Gasteiger partial charge >= 0.3 is 0 Å². The molecule has 1 aromatic heterocycles. The first kappa shape index (κ1) is 21.7. The molecule has 7 nitrogen and oxygen atoms in total. The lowest BCUT2D eigenvalue weighted by molar-refractivity contribution is -0.0453. The van der Waals surface area contributed by atoms with Crippen molar-refractivity contribution in [2.75, 3.05) is 20.1 Å². The molecule has 0 radical (unpaired) electrons. The van der Waals surface area contributed by atoms with E-state index in [1.165, 1.54) is 8.61 Å². The van der Waals surface area contributed by atoms with Crippen molar-refractivity contribution in [3.63, 3.8) is 0 Å². The van der Waals surface area contributed by atoms with Crippen LogP contribution in [0.1, 0.15) is 19.4 Å². The smallest absolute Gasteiger partial charge is 0.282 e. The highest BCUT2D eigenvalue weighted by molar-refractivity contribution is 7.86. The predicted octanol–water partition coefficient (Wildman–Crippen LogP) is 3.33. The average Bonchev–Trinajstić information content (AvgIpc) is 3.18. The summed E-state index contributed by atoms with van der Waals surface area (Å²) in [6, 6.07) is 19.7. The molecule has 8 heteroatoms. The maximum absolute atomic E-state index is 13.3. The second kappa shape index (κ2) is 8.92. The maximum atomic E-state index is 13.3. The molecule has 0 aliphatic carbocycles. The van der Waals surface area contributed by atoms with Gasteiger partial charge in [0.25, 0.3) is 10.2 Å². The van der Waals surface area contributed by atoms with Crippen molar-refractivity contribution in [2.45, 2.75) is 32.6 Å². The van der Waals surface area contributed by atoms with Crippen LogP contribution >= 0.6 is 0 Å². The molecule has 2 heterocycles. The van der Waals surface area contributed by atoms with Crippen molar-refractivity contribution in [1.82, 2.24) is 18.4 Å². The van der Waals surface area contributed by atoms with Gasteiger partial charge in [0.1, 0.15) is 0 Å². The summed E-state index contributed by atoms with van der Waals surface area (Å²) in [4.78, 5) is 0. The summed E-state index contributed by atoms with van der Waals surface area (Å²) in [5.74, 6) is 0. The van der Waals surface area contributed by atoms with Crippen molar-refractivity contribution in [3.8, 4) is 16.9 Å². The zero-order valence-corrected chi connectivity index (χ0v) is 18.9. The van der Waals surface area contributed by atoms with Crippen LogP contribution in [0.3, 0.4) is 0 Å². The molecule has 1 aliphatic rings. The Hall–Kier alpha value is -2.52. The Morgan fingerprint density at radius 2 is 1.58 bits per heavy atom. The van der Waals surface area contributed by atoms with Crippen LogP contribution < -0.4 is 0 Å². The van der Waals surface area contributed by atoms with Crippen molar-refractivity contribution < 1.29 is 13.2 Å². The van der Waals surface area contributed by atoms with Crippen LogP contribution in [0.5, 0.6) is 0 Å². The SMILES string of the molecule is CC1CN(S(=O)(=O)N(C)Cc2cn(-c3ccccc3)nc2-c2ccccc2)CC(C)O1. The lowest BCUT2D eigenvalue weighted by Crippen LogP contribution is -2.52. The van der Waals surface area contributed by atoms with Crippen molar-refractivity contribution in [3.05, 3.63) is 72.4 Å². The number of hydrogen-bond acceptors (Lipinski definition) is 4. The first-order valence-corrected chi connectivity index (χ1v) is 11.8. The fourth-order valence-electron chi connectivity index (χ4n) is 3.92. The van der Waals surface area contributed by atoms with E-state index >= 15 is 0 Å². The van der Waals surface area contributed by atoms with E-state index in [1.54, 1.807) is 11.7 Å². The normalized spacial score (nSPS) is 20.3. The van der Waals surface area contributed by atoms with Crippen molar-refractivity contribution in [1.29, 1.82) is 0 Å². The number of para-hydroxylation sites is 1. The highest BCUT2D eigenvalue weighted by Gasteiger charge is 2.34. The highest BCUT2D eigenvalue weighted by Crippen LogP contribution is 2.26. The molecule has 1 saturated heterocycles. The summed E-state index contributed by atoms with van der Waals surface area (Å²) >= 11 is 0. The van der Waals surface area contributed by atoms with E-state index in [0.717, 1.165) is 22.5 Å². The third-order valence-corrected chi connectivity index (χ3v) is 7.22. The number of benzene rings is 2. The Kier molecular flexibility index (Phi) is 6.24. The molecule has 0 bridgehead atoms. The standard InChI is InChI=1S/C23H28N4O3S/c1-18-14-26(15-19(2)30-18)31(28,29)25(3)16-21-17-27(22-12-8-5-9-13-22)24-23(21)20-10-6-4-7-11-20/h4-13,17-19H,14-16H2,1-3H3. The molecule has 0 saturated carbocycles. The van der Waals surface area contributed by atoms with E-state index in [9.17, 15) is 8.42 Å². The fraction of sp³-hybridized carbons (Fsp3) is 0.348. The molecular formula is C23H28N4O3S. The van der Waals surface area contributed by atoms with E-state index in [0.29, 0.717) is 13.1 Å². The van der Waals surface area contributed by atoms with Crippen LogP contribution in [0.4, 0.5) is 0 Å². The first-order chi connectivity index (χ1) is 14.8. The Balaban J connectivity index is 1.66. The van der Waals surface area contributed by atoms with Gasteiger partial charge in [0.05, 0.1) is 23.6 Å². The molecular weight excluding hydrogens is 412 g/mol. The number of hydrogen-bond donors (Lipinski definition) is 0. The van der Waals surface area contributed by atoms with Gasteiger partial charge in [0.15, 0.2) is 0 Å². The topological polar surface area (TPSA) is 67.7 Å². The quantitative estimate of drug-likeness (QED) is 0.590. The molecule has 3 aromatic rings. The minimum atomic E-state index is -3.63. The lowest BCUT2D eigenvalue weighted by Gasteiger charge is -2.36. The van der Waals surface area contributed by atoms with Crippen LogP contribution in [0.15, 0.2) is 66.9 Å². The Labute approximate surface area is 184 Å². The Morgan fingerprint density at radius 1 is 1.00 bits per heavy atom. The molecule has 1 fully saturated rings. The number of nitrogens with zero attached hydrogens (tertiary/aromatic N) is 4. The summed E-state index contributed by atoms with van der Waals surface area (Å²) < 4.78 is 37.0. The number of aromatic nitrogens is 2. The second-order valence-corrected chi connectivity index (χ2v) is 10.0. The molecule has 4 rings (SSSR count).